The van der Waals surface area contributed by atoms with E-state index >= 15 is 0 Å². The lowest BCUT2D eigenvalue weighted by Crippen LogP contribution is -2.21. The Labute approximate surface area is 65.8 Å². The molecule has 0 aliphatic carbocycles. The number of hydrogen-bond donors (Lipinski definition) is 2. The average molecular weight is 162 g/mol. The molecule has 11 heavy (non-hydrogen) atoms. The minimum atomic E-state index is -0.774. The second-order valence-electron chi connectivity index (χ2n) is 1.91. The third kappa shape index (κ3) is 9.19. The maximum Gasteiger partial charge on any atom is 0.404 e. The highest BCUT2D eigenvalue weighted by molar-refractivity contribution is 5.64. The van der Waals surface area contributed by atoms with Crippen LogP contribution < -0.4 is 11.2 Å². The zero-order chi connectivity index (χ0) is 8.53. The van der Waals surface area contributed by atoms with Gasteiger partial charge in [-0.15, -0.1) is 0 Å². The molecule has 0 spiro atoms. The fourth-order valence-corrected chi connectivity index (χ4v) is 0.430. The smallest absolute Gasteiger partial charge is 0.404 e. The maximum atomic E-state index is 10.0. The Bertz CT molecular complexity index is 108. The molecule has 0 bridgehead atoms. The lowest BCUT2D eigenvalue weighted by molar-refractivity contribution is 0.0134. The third-order valence-electron chi connectivity index (χ3n) is 0.884. The van der Waals surface area contributed by atoms with Gasteiger partial charge in [-0.05, 0) is 6.42 Å². The molecule has 0 aliphatic rings. The van der Waals surface area contributed by atoms with Crippen molar-refractivity contribution >= 4 is 6.09 Å². The summed E-state index contributed by atoms with van der Waals surface area (Å²) in [5.74, 6) is 0. The molecule has 0 rings (SSSR count). The first kappa shape index (κ1) is 10.2. The summed E-state index contributed by atoms with van der Waals surface area (Å²) in [6.07, 6.45) is 0.223. The molecular weight excluding hydrogens is 148 g/mol. The van der Waals surface area contributed by atoms with Gasteiger partial charge in [0.2, 0.25) is 0 Å². The molecule has 1 amide bonds. The molecule has 0 fully saturated rings. The van der Waals surface area contributed by atoms with E-state index in [2.05, 4.69) is 10.2 Å². The fourth-order valence-electron chi connectivity index (χ4n) is 0.430. The van der Waals surface area contributed by atoms with Gasteiger partial charge in [-0.1, -0.05) is 6.92 Å². The quantitative estimate of drug-likeness (QED) is 0.426. The van der Waals surface area contributed by atoms with E-state index in [1.807, 2.05) is 6.92 Å². The molecule has 0 saturated carbocycles. The van der Waals surface area contributed by atoms with Gasteiger partial charge in [-0.3, -0.25) is 4.84 Å². The van der Waals surface area contributed by atoms with Crippen molar-refractivity contribution < 1.29 is 14.4 Å². The predicted molar refractivity (Wildman–Crippen MR) is 39.8 cm³/mol. The number of amides is 1. The average Bonchev–Trinajstić information content (AvgIpc) is 1.96. The van der Waals surface area contributed by atoms with Gasteiger partial charge in [0, 0.05) is 6.54 Å². The van der Waals surface area contributed by atoms with Crippen LogP contribution in [-0.2, 0) is 9.57 Å². The van der Waals surface area contributed by atoms with E-state index in [-0.39, 0.29) is 6.61 Å². The molecule has 0 aromatic carbocycles. The summed E-state index contributed by atoms with van der Waals surface area (Å²) in [5, 5.41) is 0. The van der Waals surface area contributed by atoms with Crippen LogP contribution in [0.25, 0.3) is 0 Å². The van der Waals surface area contributed by atoms with E-state index in [1.54, 1.807) is 0 Å². The van der Waals surface area contributed by atoms with Crippen LogP contribution in [0, 0.1) is 0 Å². The van der Waals surface area contributed by atoms with E-state index in [0.29, 0.717) is 6.61 Å². The molecule has 0 unspecified atom stereocenters. The molecule has 0 heterocycles. The van der Waals surface area contributed by atoms with Crippen LogP contribution in [0.2, 0.25) is 0 Å². The summed E-state index contributed by atoms with van der Waals surface area (Å²) < 4.78 is 4.40. The van der Waals surface area contributed by atoms with Gasteiger partial charge in [0.15, 0.2) is 0 Å². The molecule has 0 atom stereocenters. The Kier molecular flexibility index (Phi) is 6.76. The van der Waals surface area contributed by atoms with E-state index < -0.39 is 6.09 Å². The zero-order valence-electron chi connectivity index (χ0n) is 6.63. The van der Waals surface area contributed by atoms with Crippen LogP contribution in [-0.4, -0.2) is 25.9 Å². The van der Waals surface area contributed by atoms with E-state index in [0.717, 1.165) is 13.0 Å². The van der Waals surface area contributed by atoms with Gasteiger partial charge >= 0.3 is 6.09 Å². The van der Waals surface area contributed by atoms with E-state index in [9.17, 15) is 4.79 Å². The van der Waals surface area contributed by atoms with Crippen LogP contribution >= 0.6 is 0 Å². The van der Waals surface area contributed by atoms with Gasteiger partial charge in [0.25, 0.3) is 0 Å². The lowest BCUT2D eigenvalue weighted by Gasteiger charge is -2.03. The standard InChI is InChI=1S/C6H14N2O3/c1-2-3-8-11-5-4-10-6(7)9/h8H,2-5H2,1H3,(H2,7,9). The second kappa shape index (κ2) is 7.30. The van der Waals surface area contributed by atoms with Crippen molar-refractivity contribution in [3.8, 4) is 0 Å². The number of hydroxylamine groups is 1. The Balaban J connectivity index is 2.85. The fraction of sp³-hybridized carbons (Fsp3) is 0.833. The first-order valence-corrected chi connectivity index (χ1v) is 3.54. The molecule has 0 radical (unpaired) electrons. The molecule has 0 aromatic rings. The minimum absolute atomic E-state index is 0.187. The monoisotopic (exact) mass is 162 g/mol. The summed E-state index contributed by atoms with van der Waals surface area (Å²) in [4.78, 5) is 14.9. The number of nitrogens with two attached hydrogens (primary N) is 1. The van der Waals surface area contributed by atoms with Crippen molar-refractivity contribution in [3.63, 3.8) is 0 Å². The summed E-state index contributed by atoms with van der Waals surface area (Å²) in [5.41, 5.74) is 7.37. The van der Waals surface area contributed by atoms with Crippen molar-refractivity contribution in [2.45, 2.75) is 13.3 Å². The molecule has 66 valence electrons. The Morgan fingerprint density at radius 1 is 1.55 bits per heavy atom. The van der Waals surface area contributed by atoms with Crippen molar-refractivity contribution in [1.29, 1.82) is 0 Å². The van der Waals surface area contributed by atoms with Crippen LogP contribution in [0.5, 0.6) is 0 Å². The molecule has 0 aromatic heterocycles. The first-order valence-electron chi connectivity index (χ1n) is 3.54. The van der Waals surface area contributed by atoms with Crippen LogP contribution in [0.4, 0.5) is 4.79 Å². The number of hydrogen-bond acceptors (Lipinski definition) is 4. The normalized spacial score (nSPS) is 9.55. The SMILES string of the molecule is CCCNOCCOC(N)=O. The molecule has 0 saturated heterocycles. The number of rotatable bonds is 6. The highest BCUT2D eigenvalue weighted by Crippen LogP contribution is 1.75. The molecule has 3 N–H and O–H groups in total. The highest BCUT2D eigenvalue weighted by atomic mass is 16.7. The minimum Gasteiger partial charge on any atom is -0.447 e. The topological polar surface area (TPSA) is 73.6 Å². The Morgan fingerprint density at radius 3 is 2.82 bits per heavy atom. The summed E-state index contributed by atoms with van der Waals surface area (Å²) >= 11 is 0. The number of carbonyl (C=O) groups is 1. The van der Waals surface area contributed by atoms with Gasteiger partial charge in [-0.2, -0.15) is 0 Å². The predicted octanol–water partition coefficient (Wildman–Crippen LogP) is 0.0129. The van der Waals surface area contributed by atoms with E-state index in [1.165, 1.54) is 0 Å². The molecule has 5 heteroatoms. The third-order valence-corrected chi connectivity index (χ3v) is 0.884. The largest absolute Gasteiger partial charge is 0.447 e. The molecule has 5 nitrogen and oxygen atoms in total. The number of nitrogens with one attached hydrogen (secondary N) is 1. The number of primary amides is 1. The number of ether oxygens (including phenoxy) is 1. The highest BCUT2D eigenvalue weighted by Gasteiger charge is 1.91. The van der Waals surface area contributed by atoms with Gasteiger partial charge in [0.1, 0.15) is 13.2 Å². The maximum absolute atomic E-state index is 10.0. The molecular formula is C6H14N2O3. The van der Waals surface area contributed by atoms with Gasteiger partial charge < -0.3 is 10.5 Å². The van der Waals surface area contributed by atoms with Gasteiger partial charge in [0.05, 0.1) is 0 Å². The summed E-state index contributed by atoms with van der Waals surface area (Å²) in [6.45, 7) is 3.32. The summed E-state index contributed by atoms with van der Waals surface area (Å²) in [6, 6.07) is 0. The van der Waals surface area contributed by atoms with Crippen molar-refractivity contribution in [2.24, 2.45) is 5.73 Å². The zero-order valence-corrected chi connectivity index (χ0v) is 6.63. The van der Waals surface area contributed by atoms with Crippen molar-refractivity contribution in [1.82, 2.24) is 5.48 Å². The van der Waals surface area contributed by atoms with Crippen molar-refractivity contribution in [3.05, 3.63) is 0 Å². The Hall–Kier alpha value is -0.810. The van der Waals surface area contributed by atoms with Crippen LogP contribution in [0.1, 0.15) is 13.3 Å². The van der Waals surface area contributed by atoms with Crippen molar-refractivity contribution in [2.75, 3.05) is 19.8 Å². The number of carbonyl (C=O) groups excluding carboxylic acids is 1. The van der Waals surface area contributed by atoms with E-state index in [4.69, 9.17) is 10.6 Å². The Morgan fingerprint density at radius 2 is 2.27 bits per heavy atom. The van der Waals surface area contributed by atoms with Crippen LogP contribution in [0.3, 0.4) is 0 Å². The second-order valence-corrected chi connectivity index (χ2v) is 1.91. The van der Waals surface area contributed by atoms with Gasteiger partial charge in [-0.25, -0.2) is 10.3 Å². The first-order chi connectivity index (χ1) is 5.27. The van der Waals surface area contributed by atoms with Crippen LogP contribution in [0.15, 0.2) is 0 Å². The molecule has 0 aliphatic heterocycles. The summed E-state index contributed by atoms with van der Waals surface area (Å²) in [7, 11) is 0. The lowest BCUT2D eigenvalue weighted by atomic mass is 10.5.